The third kappa shape index (κ3) is 3.91. The minimum Gasteiger partial charge on any atom is -0.497 e. The van der Waals surface area contributed by atoms with Gasteiger partial charge in [0.25, 0.3) is 0 Å². The highest BCUT2D eigenvalue weighted by molar-refractivity contribution is 7.15. The molecule has 0 aliphatic heterocycles. The van der Waals surface area contributed by atoms with Gasteiger partial charge in [0.15, 0.2) is 0 Å². The van der Waals surface area contributed by atoms with Crippen molar-refractivity contribution in [2.75, 3.05) is 17.7 Å². The lowest BCUT2D eigenvalue weighted by Crippen LogP contribution is -2.19. The average molecular weight is 339 g/mol. The summed E-state index contributed by atoms with van der Waals surface area (Å²) in [4.78, 5) is 17.4. The van der Waals surface area contributed by atoms with Crippen LogP contribution in [0.25, 0.3) is 10.4 Å². The quantitative estimate of drug-likeness (QED) is 0.719. The lowest BCUT2D eigenvalue weighted by Gasteiger charge is -2.08. The van der Waals surface area contributed by atoms with E-state index in [2.05, 4.69) is 15.6 Å². The Morgan fingerprint density at radius 2 is 1.58 bits per heavy atom. The van der Waals surface area contributed by atoms with Crippen molar-refractivity contribution in [2.24, 2.45) is 0 Å². The molecular weight excluding hydrogens is 322 g/mol. The van der Waals surface area contributed by atoms with Gasteiger partial charge in [-0.3, -0.25) is 0 Å². The standard InChI is InChI=1S/C18H17N3O2S/c1-12-19-11-17(24-12)13-3-5-14(6-4-13)20-18(22)21-15-7-9-16(23-2)10-8-15/h3-11H,1-2H3,(H2,20,21,22). The number of thiazole rings is 1. The number of nitrogens with zero attached hydrogens (tertiary/aromatic N) is 1. The molecule has 0 spiro atoms. The van der Waals surface area contributed by atoms with Crippen LogP contribution < -0.4 is 15.4 Å². The molecule has 122 valence electrons. The topological polar surface area (TPSA) is 63.2 Å². The Morgan fingerprint density at radius 1 is 1.00 bits per heavy atom. The van der Waals surface area contributed by atoms with Gasteiger partial charge < -0.3 is 15.4 Å². The average Bonchev–Trinajstić information content (AvgIpc) is 3.02. The Kier molecular flexibility index (Phi) is 4.77. The number of rotatable bonds is 4. The van der Waals surface area contributed by atoms with Gasteiger partial charge >= 0.3 is 6.03 Å². The number of carbonyl (C=O) groups is 1. The summed E-state index contributed by atoms with van der Waals surface area (Å²) >= 11 is 1.64. The maximum absolute atomic E-state index is 12.0. The maximum Gasteiger partial charge on any atom is 0.323 e. The van der Waals surface area contributed by atoms with Crippen molar-refractivity contribution in [3.63, 3.8) is 0 Å². The number of ether oxygens (including phenoxy) is 1. The Bertz CT molecular complexity index is 826. The maximum atomic E-state index is 12.0. The summed E-state index contributed by atoms with van der Waals surface area (Å²) < 4.78 is 5.09. The highest BCUT2D eigenvalue weighted by Crippen LogP contribution is 2.26. The lowest BCUT2D eigenvalue weighted by atomic mass is 10.2. The molecular formula is C18H17N3O2S. The van der Waals surface area contributed by atoms with Crippen molar-refractivity contribution >= 4 is 28.7 Å². The minimum absolute atomic E-state index is 0.290. The summed E-state index contributed by atoms with van der Waals surface area (Å²) in [6.45, 7) is 1.98. The van der Waals surface area contributed by atoms with E-state index in [4.69, 9.17) is 4.74 Å². The zero-order chi connectivity index (χ0) is 16.9. The van der Waals surface area contributed by atoms with Gasteiger partial charge in [0.2, 0.25) is 0 Å². The Labute approximate surface area is 144 Å². The molecule has 1 aromatic heterocycles. The third-order valence-electron chi connectivity index (χ3n) is 3.40. The van der Waals surface area contributed by atoms with Gasteiger partial charge in [-0.05, 0) is 48.9 Å². The summed E-state index contributed by atoms with van der Waals surface area (Å²) in [7, 11) is 1.60. The second-order valence-electron chi connectivity index (χ2n) is 5.13. The van der Waals surface area contributed by atoms with E-state index < -0.39 is 0 Å². The number of aromatic nitrogens is 1. The zero-order valence-electron chi connectivity index (χ0n) is 13.4. The predicted molar refractivity (Wildman–Crippen MR) is 97.9 cm³/mol. The van der Waals surface area contributed by atoms with Crippen molar-refractivity contribution in [3.05, 3.63) is 59.7 Å². The van der Waals surface area contributed by atoms with Crippen LogP contribution >= 0.6 is 11.3 Å². The van der Waals surface area contributed by atoms with E-state index in [0.29, 0.717) is 5.69 Å². The zero-order valence-corrected chi connectivity index (χ0v) is 14.2. The van der Waals surface area contributed by atoms with Gasteiger partial charge in [-0.25, -0.2) is 9.78 Å². The summed E-state index contributed by atoms with van der Waals surface area (Å²) in [5, 5.41) is 6.62. The number of hydrogen-bond donors (Lipinski definition) is 2. The van der Waals surface area contributed by atoms with E-state index in [0.717, 1.165) is 26.9 Å². The van der Waals surface area contributed by atoms with Crippen LogP contribution in [0.4, 0.5) is 16.2 Å². The largest absolute Gasteiger partial charge is 0.497 e. The van der Waals surface area contributed by atoms with Crippen LogP contribution in [0.5, 0.6) is 5.75 Å². The van der Waals surface area contributed by atoms with Crippen LogP contribution in [0.2, 0.25) is 0 Å². The second-order valence-corrected chi connectivity index (χ2v) is 6.36. The Hall–Kier alpha value is -2.86. The van der Waals surface area contributed by atoms with Gasteiger partial charge in [0.1, 0.15) is 5.75 Å². The van der Waals surface area contributed by atoms with Crippen molar-refractivity contribution in [3.8, 4) is 16.2 Å². The summed E-state index contributed by atoms with van der Waals surface area (Å²) in [6.07, 6.45) is 1.86. The fourth-order valence-corrected chi connectivity index (χ4v) is 2.96. The van der Waals surface area contributed by atoms with E-state index in [-0.39, 0.29) is 6.03 Å². The summed E-state index contributed by atoms with van der Waals surface area (Å²) in [5.41, 5.74) is 2.51. The molecule has 5 nitrogen and oxygen atoms in total. The molecule has 3 rings (SSSR count). The molecule has 0 saturated carbocycles. The first-order chi connectivity index (χ1) is 11.6. The summed E-state index contributed by atoms with van der Waals surface area (Å²) in [6, 6.07) is 14.5. The van der Waals surface area contributed by atoms with Crippen LogP contribution in [0.15, 0.2) is 54.7 Å². The normalized spacial score (nSPS) is 10.2. The first kappa shape index (κ1) is 16.0. The molecule has 3 aromatic rings. The minimum atomic E-state index is -0.290. The van der Waals surface area contributed by atoms with E-state index in [9.17, 15) is 4.79 Å². The van der Waals surface area contributed by atoms with Crippen molar-refractivity contribution < 1.29 is 9.53 Å². The molecule has 2 aromatic carbocycles. The fourth-order valence-electron chi connectivity index (χ4n) is 2.18. The van der Waals surface area contributed by atoms with E-state index in [1.807, 2.05) is 37.4 Å². The molecule has 6 heteroatoms. The van der Waals surface area contributed by atoms with Crippen molar-refractivity contribution in [1.29, 1.82) is 0 Å². The van der Waals surface area contributed by atoms with Gasteiger partial charge in [-0.2, -0.15) is 0 Å². The highest BCUT2D eigenvalue weighted by atomic mass is 32.1. The first-order valence-electron chi connectivity index (χ1n) is 7.39. The molecule has 2 N–H and O–H groups in total. The Morgan fingerprint density at radius 3 is 2.08 bits per heavy atom. The number of amides is 2. The fraction of sp³-hybridized carbons (Fsp3) is 0.111. The molecule has 0 saturated heterocycles. The van der Waals surface area contributed by atoms with Crippen molar-refractivity contribution in [1.82, 2.24) is 4.98 Å². The van der Waals surface area contributed by atoms with Crippen LogP contribution in [-0.2, 0) is 0 Å². The molecule has 0 bridgehead atoms. The number of anilines is 2. The number of nitrogens with one attached hydrogen (secondary N) is 2. The SMILES string of the molecule is COc1ccc(NC(=O)Nc2ccc(-c3cnc(C)s3)cc2)cc1. The molecule has 24 heavy (non-hydrogen) atoms. The molecule has 0 atom stereocenters. The highest BCUT2D eigenvalue weighted by Gasteiger charge is 2.05. The van der Waals surface area contributed by atoms with Crippen LogP contribution in [0.1, 0.15) is 5.01 Å². The van der Waals surface area contributed by atoms with Crippen LogP contribution in [0, 0.1) is 6.92 Å². The van der Waals surface area contributed by atoms with Gasteiger partial charge in [-0.1, -0.05) is 12.1 Å². The molecule has 2 amide bonds. The monoisotopic (exact) mass is 339 g/mol. The second kappa shape index (κ2) is 7.14. The van der Waals surface area contributed by atoms with E-state index >= 15 is 0 Å². The third-order valence-corrected chi connectivity index (χ3v) is 4.36. The molecule has 0 aliphatic carbocycles. The van der Waals surface area contributed by atoms with E-state index in [1.165, 1.54) is 0 Å². The van der Waals surface area contributed by atoms with Gasteiger partial charge in [0, 0.05) is 17.6 Å². The number of aryl methyl sites for hydroxylation is 1. The molecule has 0 unspecified atom stereocenters. The molecule has 0 fully saturated rings. The first-order valence-corrected chi connectivity index (χ1v) is 8.20. The molecule has 1 heterocycles. The molecule has 0 radical (unpaired) electrons. The van der Waals surface area contributed by atoms with E-state index in [1.54, 1.807) is 42.7 Å². The number of carbonyl (C=O) groups excluding carboxylic acids is 1. The molecule has 0 aliphatic rings. The number of methoxy groups -OCH3 is 1. The Balaban J connectivity index is 1.61. The summed E-state index contributed by atoms with van der Waals surface area (Å²) in [5.74, 6) is 0.745. The number of hydrogen-bond acceptors (Lipinski definition) is 4. The number of benzene rings is 2. The van der Waals surface area contributed by atoms with Crippen LogP contribution in [-0.4, -0.2) is 18.1 Å². The predicted octanol–water partition coefficient (Wildman–Crippen LogP) is 4.77. The van der Waals surface area contributed by atoms with Crippen LogP contribution in [0.3, 0.4) is 0 Å². The van der Waals surface area contributed by atoms with Gasteiger partial charge in [0.05, 0.1) is 17.0 Å². The van der Waals surface area contributed by atoms with Gasteiger partial charge in [-0.15, -0.1) is 11.3 Å². The van der Waals surface area contributed by atoms with Crippen molar-refractivity contribution in [2.45, 2.75) is 6.92 Å². The lowest BCUT2D eigenvalue weighted by molar-refractivity contribution is 0.262. The number of urea groups is 1. The smallest absolute Gasteiger partial charge is 0.323 e.